The highest BCUT2D eigenvalue weighted by molar-refractivity contribution is 6.05. The number of ether oxygens (including phenoxy) is 2. The first-order valence-corrected chi connectivity index (χ1v) is 22.6. The highest BCUT2D eigenvalue weighted by atomic mass is 16.5. The van der Waals surface area contributed by atoms with Crippen molar-refractivity contribution in [2.24, 2.45) is 0 Å². The molecule has 1 N–H and O–H groups in total. The summed E-state index contributed by atoms with van der Waals surface area (Å²) in [5, 5.41) is 10.2. The SMILES string of the molecule is CC(=O)c1cc(C)ncc1C.Cc1cc(C(=O)/C=C/N(C)C)c(C)cn1.Cc1cc2c(=O)ccoc2cn1.Cc1cc2c(cn1)OCCC2=O.Cc1cc2c(cn1)OCCC2O.Cc1ccc(C)nc1. The van der Waals surface area contributed by atoms with Crippen LogP contribution in [0, 0.1) is 62.3 Å². The number of aromatic nitrogens is 6. The van der Waals surface area contributed by atoms with Crippen LogP contribution in [0.25, 0.3) is 11.0 Å². The Bertz CT molecular complexity index is 2960. The van der Waals surface area contributed by atoms with E-state index in [4.69, 9.17) is 13.9 Å². The number of aliphatic hydroxyl groups excluding tert-OH is 1. The largest absolute Gasteiger partial charge is 0.491 e. The minimum Gasteiger partial charge on any atom is -0.491 e. The molecule has 0 saturated carbocycles. The third-order valence-corrected chi connectivity index (χ3v) is 10.3. The summed E-state index contributed by atoms with van der Waals surface area (Å²) < 4.78 is 15.7. The number of hydrogen-bond donors (Lipinski definition) is 1. The van der Waals surface area contributed by atoms with Crippen LogP contribution >= 0.6 is 0 Å². The molecule has 0 radical (unpaired) electrons. The van der Waals surface area contributed by atoms with Crippen LogP contribution in [0.1, 0.15) is 113 Å². The predicted octanol–water partition coefficient (Wildman–Crippen LogP) is 9.61. The zero-order chi connectivity index (χ0) is 51.5. The smallest absolute Gasteiger partial charge is 0.192 e. The fourth-order valence-corrected chi connectivity index (χ4v) is 6.50. The molecule has 1 unspecified atom stereocenters. The van der Waals surface area contributed by atoms with Crippen molar-refractivity contribution in [3.05, 3.63) is 188 Å². The van der Waals surface area contributed by atoms with Gasteiger partial charge < -0.3 is 23.9 Å². The topological polar surface area (TPSA) is 201 Å². The van der Waals surface area contributed by atoms with E-state index in [9.17, 15) is 24.3 Å². The number of rotatable bonds is 4. The van der Waals surface area contributed by atoms with Crippen molar-refractivity contribution in [1.82, 2.24) is 34.8 Å². The molecule has 15 heteroatoms. The maximum atomic E-state index is 11.8. The van der Waals surface area contributed by atoms with E-state index in [0.717, 1.165) is 67.7 Å². The summed E-state index contributed by atoms with van der Waals surface area (Å²) in [5.74, 6) is 1.62. The third-order valence-electron chi connectivity index (χ3n) is 10.3. The lowest BCUT2D eigenvalue weighted by molar-refractivity contribution is 0.0931. The second-order valence-electron chi connectivity index (χ2n) is 16.9. The van der Waals surface area contributed by atoms with E-state index in [2.05, 4.69) is 36.0 Å². The van der Waals surface area contributed by atoms with Gasteiger partial charge in [0.2, 0.25) is 0 Å². The molecule has 0 aromatic carbocycles. The molecule has 9 rings (SSSR count). The minimum atomic E-state index is -0.379. The van der Waals surface area contributed by atoms with Crippen LogP contribution in [0.2, 0.25) is 0 Å². The fourth-order valence-electron chi connectivity index (χ4n) is 6.50. The molecule has 7 aromatic rings. The summed E-state index contributed by atoms with van der Waals surface area (Å²) in [6, 6.07) is 14.5. The maximum absolute atomic E-state index is 11.8. The maximum Gasteiger partial charge on any atom is 0.192 e. The molecule has 0 bridgehead atoms. The van der Waals surface area contributed by atoms with Gasteiger partial charge in [-0.2, -0.15) is 0 Å². The summed E-state index contributed by atoms with van der Waals surface area (Å²) in [7, 11) is 3.77. The highest BCUT2D eigenvalue weighted by Crippen LogP contribution is 2.31. The predicted molar refractivity (Wildman–Crippen MR) is 271 cm³/mol. The fraction of sp³-hybridized carbons (Fsp3) is 0.309. The van der Waals surface area contributed by atoms with Crippen molar-refractivity contribution < 1.29 is 33.4 Å². The number of carbonyl (C=O) groups excluding carboxylic acids is 3. The van der Waals surface area contributed by atoms with E-state index in [0.29, 0.717) is 48.3 Å². The molecule has 7 aromatic heterocycles. The lowest BCUT2D eigenvalue weighted by atomic mass is 10.0. The minimum absolute atomic E-state index is 0.0201. The number of carbonyl (C=O) groups is 3. The molecule has 0 saturated heterocycles. The summed E-state index contributed by atoms with van der Waals surface area (Å²) >= 11 is 0. The van der Waals surface area contributed by atoms with Gasteiger partial charge >= 0.3 is 0 Å². The van der Waals surface area contributed by atoms with Crippen LogP contribution in [-0.2, 0) is 0 Å². The van der Waals surface area contributed by atoms with Gasteiger partial charge in [-0.05, 0) is 122 Å². The van der Waals surface area contributed by atoms with Gasteiger partial charge in [-0.1, -0.05) is 6.07 Å². The molecule has 9 heterocycles. The Morgan fingerprint density at radius 2 is 1.20 bits per heavy atom. The number of aliphatic hydroxyl groups is 1. The molecule has 2 aliphatic heterocycles. The molecular weight excluding hydrogens is 887 g/mol. The van der Waals surface area contributed by atoms with E-state index in [1.165, 1.54) is 17.9 Å². The van der Waals surface area contributed by atoms with E-state index in [1.54, 1.807) is 62.3 Å². The molecule has 0 spiro atoms. The molecule has 0 amide bonds. The van der Waals surface area contributed by atoms with Gasteiger partial charge in [0.05, 0.1) is 55.1 Å². The third kappa shape index (κ3) is 17.4. The summed E-state index contributed by atoms with van der Waals surface area (Å²) in [6.45, 7) is 19.8. The van der Waals surface area contributed by atoms with Crippen molar-refractivity contribution in [1.29, 1.82) is 0 Å². The van der Waals surface area contributed by atoms with Gasteiger partial charge in [0.15, 0.2) is 28.4 Å². The normalized spacial score (nSPS) is 12.9. The molecule has 1 atom stereocenters. The summed E-state index contributed by atoms with van der Waals surface area (Å²) in [6.07, 6.45) is 15.7. The van der Waals surface area contributed by atoms with E-state index in [1.807, 2.05) is 112 Å². The van der Waals surface area contributed by atoms with Crippen molar-refractivity contribution in [3.63, 3.8) is 0 Å². The van der Waals surface area contributed by atoms with Gasteiger partial charge in [-0.15, -0.1) is 0 Å². The van der Waals surface area contributed by atoms with E-state index < -0.39 is 0 Å². The second-order valence-corrected chi connectivity index (χ2v) is 16.9. The molecule has 15 nitrogen and oxygen atoms in total. The first-order valence-electron chi connectivity index (χ1n) is 22.6. The summed E-state index contributed by atoms with van der Waals surface area (Å²) in [4.78, 5) is 71.6. The molecule has 70 heavy (non-hydrogen) atoms. The second kappa shape index (κ2) is 26.7. The van der Waals surface area contributed by atoms with Crippen LogP contribution in [0.15, 0.2) is 113 Å². The van der Waals surface area contributed by atoms with Crippen LogP contribution in [0.5, 0.6) is 11.5 Å². The van der Waals surface area contributed by atoms with Gasteiger partial charge in [0.25, 0.3) is 0 Å². The molecule has 366 valence electrons. The monoisotopic (exact) mass is 949 g/mol. The van der Waals surface area contributed by atoms with Crippen LogP contribution in [0.3, 0.4) is 0 Å². The Labute approximate surface area is 409 Å². The van der Waals surface area contributed by atoms with E-state index in [-0.39, 0.29) is 28.9 Å². The Morgan fingerprint density at radius 3 is 1.81 bits per heavy atom. The molecule has 2 aliphatic rings. The van der Waals surface area contributed by atoms with Crippen LogP contribution in [0.4, 0.5) is 0 Å². The van der Waals surface area contributed by atoms with Crippen molar-refractivity contribution in [2.75, 3.05) is 27.3 Å². The molecule has 0 fully saturated rings. The van der Waals surface area contributed by atoms with Crippen molar-refractivity contribution >= 4 is 28.3 Å². The van der Waals surface area contributed by atoms with Gasteiger partial charge in [-0.3, -0.25) is 49.1 Å². The van der Waals surface area contributed by atoms with Gasteiger partial charge in [-0.25, -0.2) is 0 Å². The number of pyridine rings is 6. The Hall–Kier alpha value is -7.78. The van der Waals surface area contributed by atoms with Gasteiger partial charge in [0.1, 0.15) is 11.5 Å². The molecule has 0 aliphatic carbocycles. The average Bonchev–Trinajstić information content (AvgIpc) is 3.32. The standard InChI is InChI=1S/C12H16N2O.C9H11NO2.C9H9NO2.C9H7NO2.C9H11NO.C7H9N/c1-9-8-13-10(2)7-11(9)12(15)5-6-14(3)4;3*1-6-4-7-8(11)2-3-12-9(7)5-10-6;1-6-5-10-7(2)4-9(6)8(3)11;1-6-3-4-7(2)8-5-6/h5-8H,1-4H3;4-5,8,11H,2-3H2,1H3;4-5H,2-3H2,1H3;2-5H,1H3;4-5H,1-3H3;3-5H,1-2H3/b6-5+;;;;;. The molecular formula is C55H63N7O8. The number of allylic oxidation sites excluding steroid dienone is 1. The zero-order valence-electron chi connectivity index (χ0n) is 42.2. The average molecular weight is 950 g/mol. The summed E-state index contributed by atoms with van der Waals surface area (Å²) in [5.41, 5.74) is 12.0. The Kier molecular flexibility index (Phi) is 20.9. The number of aryl methyl sites for hydroxylation is 9. The first kappa shape index (κ1) is 54.8. The number of nitrogens with zero attached hydrogens (tertiary/aromatic N) is 7. The highest BCUT2D eigenvalue weighted by Gasteiger charge is 2.20. The van der Waals surface area contributed by atoms with Crippen LogP contribution < -0.4 is 14.9 Å². The first-order chi connectivity index (χ1) is 33.2. The number of Topliss-reactive ketones (excluding diaryl/α,β-unsaturated/α-hetero) is 2. The zero-order valence-corrected chi connectivity index (χ0v) is 42.2. The number of ketones is 3. The van der Waals surface area contributed by atoms with Gasteiger partial charge in [0, 0.05) is 115 Å². The van der Waals surface area contributed by atoms with Crippen LogP contribution in [-0.4, -0.2) is 84.6 Å². The Morgan fingerprint density at radius 1 is 0.643 bits per heavy atom. The van der Waals surface area contributed by atoms with Crippen molar-refractivity contribution in [3.8, 4) is 11.5 Å². The van der Waals surface area contributed by atoms with Crippen molar-refractivity contribution in [2.45, 2.75) is 88.2 Å². The number of hydrogen-bond acceptors (Lipinski definition) is 15. The van der Waals surface area contributed by atoms with E-state index >= 15 is 0 Å². The number of fused-ring (bicyclic) bond motifs is 3. The Balaban J connectivity index is 0.000000184. The quantitative estimate of drug-likeness (QED) is 0.129. The lowest BCUT2D eigenvalue weighted by Gasteiger charge is -2.21. The lowest BCUT2D eigenvalue weighted by Crippen LogP contribution is -2.15.